The third kappa shape index (κ3) is 12.9. The van der Waals surface area contributed by atoms with E-state index < -0.39 is 29.2 Å². The number of nitrogens with one attached hydrogen (secondary N) is 1. The highest BCUT2D eigenvalue weighted by atomic mass is 32.1. The fourth-order valence-electron chi connectivity index (χ4n) is 3.19. The summed E-state index contributed by atoms with van der Waals surface area (Å²) in [7, 11) is 1.27. The fraction of sp³-hybridized carbons (Fsp3) is 0.323. The van der Waals surface area contributed by atoms with Crippen LogP contribution in [0.3, 0.4) is 0 Å². The van der Waals surface area contributed by atoms with Crippen LogP contribution in [0.15, 0.2) is 64.0 Å². The van der Waals surface area contributed by atoms with E-state index in [-0.39, 0.29) is 17.7 Å². The number of unbranched alkanes of at least 4 members (excludes halogenated alkanes) is 1. The second-order valence-corrected chi connectivity index (χ2v) is 9.32. The van der Waals surface area contributed by atoms with Crippen molar-refractivity contribution in [1.82, 2.24) is 5.32 Å². The predicted molar refractivity (Wildman–Crippen MR) is 159 cm³/mol. The van der Waals surface area contributed by atoms with Gasteiger partial charge < -0.3 is 19.0 Å². The van der Waals surface area contributed by atoms with Gasteiger partial charge in [0, 0.05) is 36.4 Å². The van der Waals surface area contributed by atoms with Gasteiger partial charge in [-0.05, 0) is 49.2 Å². The Balaban J connectivity index is 0.000000410. The number of ketones is 1. The van der Waals surface area contributed by atoms with Crippen molar-refractivity contribution < 1.29 is 41.8 Å². The maximum Gasteiger partial charge on any atom is 0.416 e. The van der Waals surface area contributed by atoms with E-state index in [4.69, 9.17) is 15.6 Å². The summed E-state index contributed by atoms with van der Waals surface area (Å²) in [5.41, 5.74) is -1.81. The van der Waals surface area contributed by atoms with E-state index in [0.717, 1.165) is 17.0 Å². The molecule has 0 radical (unpaired) electrons. The molecule has 2 N–H and O–H groups in total. The lowest BCUT2D eigenvalue weighted by Gasteiger charge is -2.07. The Morgan fingerprint density at radius 1 is 1.16 bits per heavy atom. The van der Waals surface area contributed by atoms with E-state index in [1.54, 1.807) is 19.1 Å². The quantitative estimate of drug-likeness (QED) is 0.134. The lowest BCUT2D eigenvalue weighted by molar-refractivity contribution is -0.137. The summed E-state index contributed by atoms with van der Waals surface area (Å²) in [4.78, 5) is 34.9. The topological polar surface area (TPSA) is 115 Å². The van der Waals surface area contributed by atoms with E-state index in [2.05, 4.69) is 16.0 Å². The summed E-state index contributed by atoms with van der Waals surface area (Å²) in [6.07, 6.45) is 5.82. The van der Waals surface area contributed by atoms with Gasteiger partial charge in [-0.1, -0.05) is 26.8 Å². The zero-order valence-corrected chi connectivity index (χ0v) is 25.1. The van der Waals surface area contributed by atoms with Gasteiger partial charge in [0.25, 0.3) is 0 Å². The summed E-state index contributed by atoms with van der Waals surface area (Å²) in [5, 5.41) is 12.7. The molecule has 0 spiro atoms. The van der Waals surface area contributed by atoms with Crippen LogP contribution in [0.1, 0.15) is 66.6 Å². The summed E-state index contributed by atoms with van der Waals surface area (Å²) >= 11 is 1.38. The van der Waals surface area contributed by atoms with Gasteiger partial charge in [-0.25, -0.2) is 9.59 Å². The molecular weight excluding hydrogens is 587 g/mol. The first-order valence-electron chi connectivity index (χ1n) is 13.2. The second-order valence-electron chi connectivity index (χ2n) is 8.19. The number of Topliss-reactive ketones (excluding diaryl/α,β-unsaturated/α-hetero) is 1. The molecule has 0 bridgehead atoms. The molecule has 0 aliphatic heterocycles. The standard InChI is InChI=1S/C15H19NO6.C14H9F3OS.C2H6/c1-3-11(17)13-12(18)9-10(22-14(13)19)7-5-4-6-8-16-15(20)21-2;1-2-3-12-8-9-13(19-12)18-11-6-4-10(5-7-11)14(15,16)17;1-2/h6,8-9,18H,3-5,7H2,1-2H3,(H,16,20);1,4-9H,3H2;1-2H3/b8-6+;;. The van der Waals surface area contributed by atoms with Gasteiger partial charge in [0.2, 0.25) is 0 Å². The van der Waals surface area contributed by atoms with Crippen LogP contribution in [-0.4, -0.2) is 24.1 Å². The number of alkyl halides is 3. The van der Waals surface area contributed by atoms with Crippen LogP contribution >= 0.6 is 11.3 Å². The van der Waals surface area contributed by atoms with E-state index in [9.17, 15) is 32.7 Å². The molecule has 0 atom stereocenters. The molecule has 0 unspecified atom stereocenters. The molecule has 3 rings (SSSR count). The summed E-state index contributed by atoms with van der Waals surface area (Å²) < 4.78 is 52.0. The number of rotatable bonds is 10. The zero-order chi connectivity index (χ0) is 32.4. The summed E-state index contributed by atoms with van der Waals surface area (Å²) in [5.74, 6) is 2.39. The van der Waals surface area contributed by atoms with E-state index in [1.807, 2.05) is 19.9 Å². The van der Waals surface area contributed by atoms with Gasteiger partial charge in [-0.2, -0.15) is 13.2 Å². The number of carbonyl (C=O) groups excluding carboxylic acids is 2. The van der Waals surface area contributed by atoms with E-state index in [0.29, 0.717) is 42.3 Å². The van der Waals surface area contributed by atoms with Gasteiger partial charge in [0.05, 0.1) is 12.7 Å². The lowest BCUT2D eigenvalue weighted by Crippen LogP contribution is -2.16. The molecule has 0 aliphatic carbocycles. The first kappa shape index (κ1) is 36.5. The van der Waals surface area contributed by atoms with Crippen molar-refractivity contribution in [2.24, 2.45) is 0 Å². The second kappa shape index (κ2) is 18.8. The van der Waals surface area contributed by atoms with Crippen LogP contribution < -0.4 is 15.7 Å². The van der Waals surface area contributed by atoms with Gasteiger partial charge in [0.1, 0.15) is 22.8 Å². The number of amides is 1. The lowest BCUT2D eigenvalue weighted by atomic mass is 10.1. The molecule has 0 saturated carbocycles. The Morgan fingerprint density at radius 2 is 1.84 bits per heavy atom. The molecule has 12 heteroatoms. The molecule has 1 aromatic carbocycles. The predicted octanol–water partition coefficient (Wildman–Crippen LogP) is 7.89. The number of thiophene rings is 1. The maximum atomic E-state index is 12.4. The van der Waals surface area contributed by atoms with Gasteiger partial charge >= 0.3 is 17.9 Å². The Morgan fingerprint density at radius 3 is 2.40 bits per heavy atom. The van der Waals surface area contributed by atoms with E-state index >= 15 is 0 Å². The monoisotopic (exact) mass is 621 g/mol. The molecule has 0 saturated heterocycles. The number of allylic oxidation sites excluding steroid dienone is 1. The molecule has 8 nitrogen and oxygen atoms in total. The molecule has 232 valence electrons. The van der Waals surface area contributed by atoms with Crippen molar-refractivity contribution in [3.63, 3.8) is 0 Å². The molecule has 2 heterocycles. The highest BCUT2D eigenvalue weighted by molar-refractivity contribution is 7.13. The number of carbonyl (C=O) groups is 2. The van der Waals surface area contributed by atoms with Gasteiger partial charge in [-0.3, -0.25) is 10.1 Å². The molecule has 2 aromatic heterocycles. The maximum absolute atomic E-state index is 12.4. The molecule has 1 amide bonds. The third-order valence-electron chi connectivity index (χ3n) is 5.19. The minimum atomic E-state index is -4.33. The SMILES string of the molecule is C#CCc1ccc(Oc2ccc(C(F)(F)F)cc2)s1.CC.CCC(=O)c1c(O)cc(CCC/C=C/NC(=O)OC)oc1=O. The number of halogens is 3. The average Bonchev–Trinajstić information content (AvgIpc) is 3.42. The van der Waals surface area contributed by atoms with Crippen molar-refractivity contribution in [1.29, 1.82) is 0 Å². The van der Waals surface area contributed by atoms with Crippen LogP contribution in [-0.2, 0) is 23.8 Å². The number of aryl methyl sites for hydroxylation is 1. The van der Waals surface area contributed by atoms with Gasteiger partial charge in [-0.15, -0.1) is 23.7 Å². The fourth-order valence-corrected chi connectivity index (χ4v) is 4.01. The minimum Gasteiger partial charge on any atom is -0.507 e. The summed E-state index contributed by atoms with van der Waals surface area (Å²) in [6.45, 7) is 5.60. The van der Waals surface area contributed by atoms with Gasteiger partial charge in [0.15, 0.2) is 10.8 Å². The number of hydrogen-bond donors (Lipinski definition) is 2. The number of aromatic hydroxyl groups is 1. The zero-order valence-electron chi connectivity index (χ0n) is 24.2. The number of alkyl carbamates (subject to hydrolysis) is 1. The van der Waals surface area contributed by atoms with Crippen molar-refractivity contribution in [2.45, 2.75) is 59.1 Å². The van der Waals surface area contributed by atoms with Crippen LogP contribution in [0.5, 0.6) is 16.6 Å². The van der Waals surface area contributed by atoms with Crippen LogP contribution in [0, 0.1) is 12.3 Å². The van der Waals surface area contributed by atoms with E-state index in [1.165, 1.54) is 42.8 Å². The number of terminal acetylenes is 1. The van der Waals surface area contributed by atoms with Crippen molar-refractivity contribution in [3.05, 3.63) is 86.9 Å². The Hall–Kier alpha value is -4.50. The third-order valence-corrected chi connectivity index (χ3v) is 6.16. The highest BCUT2D eigenvalue weighted by Gasteiger charge is 2.30. The highest BCUT2D eigenvalue weighted by Crippen LogP contribution is 2.33. The van der Waals surface area contributed by atoms with Crippen LogP contribution in [0.4, 0.5) is 18.0 Å². The normalized spacial score (nSPS) is 10.5. The van der Waals surface area contributed by atoms with Crippen molar-refractivity contribution >= 4 is 23.2 Å². The van der Waals surface area contributed by atoms with Crippen LogP contribution in [0.2, 0.25) is 0 Å². The smallest absolute Gasteiger partial charge is 0.416 e. The molecule has 3 aromatic rings. The first-order chi connectivity index (χ1) is 20.5. The molecular formula is C31H34F3NO7S. The molecule has 0 fully saturated rings. The number of hydrogen-bond acceptors (Lipinski definition) is 8. The first-order valence-corrected chi connectivity index (χ1v) is 14.1. The largest absolute Gasteiger partial charge is 0.507 e. The molecule has 43 heavy (non-hydrogen) atoms. The number of ether oxygens (including phenoxy) is 2. The number of methoxy groups -OCH3 is 1. The molecule has 0 aliphatic rings. The van der Waals surface area contributed by atoms with Crippen molar-refractivity contribution in [3.8, 4) is 28.9 Å². The van der Waals surface area contributed by atoms with Crippen LogP contribution in [0.25, 0.3) is 0 Å². The number of benzene rings is 1. The average molecular weight is 622 g/mol. The Kier molecular flexibility index (Phi) is 16.0. The summed E-state index contributed by atoms with van der Waals surface area (Å²) in [6, 6.07) is 9.45. The van der Waals surface area contributed by atoms with Crippen molar-refractivity contribution in [2.75, 3.05) is 7.11 Å². The Labute approximate surface area is 252 Å². The Bertz CT molecular complexity index is 1440. The minimum absolute atomic E-state index is 0.121.